The average molecular weight is 258 g/mol. The van der Waals surface area contributed by atoms with Gasteiger partial charge < -0.3 is 4.74 Å². The van der Waals surface area contributed by atoms with Gasteiger partial charge in [-0.15, -0.1) is 0 Å². The van der Waals surface area contributed by atoms with Gasteiger partial charge in [-0.3, -0.25) is 9.78 Å². The van der Waals surface area contributed by atoms with E-state index in [0.717, 1.165) is 24.9 Å². The van der Waals surface area contributed by atoms with E-state index in [-0.39, 0.29) is 11.9 Å². The van der Waals surface area contributed by atoms with E-state index in [4.69, 9.17) is 4.74 Å². The van der Waals surface area contributed by atoms with Crippen LogP contribution in [0.5, 0.6) is 0 Å². The normalized spacial score (nSPS) is 17.8. The van der Waals surface area contributed by atoms with Gasteiger partial charge in [0.05, 0.1) is 7.11 Å². The van der Waals surface area contributed by atoms with Crippen molar-refractivity contribution in [3.8, 4) is 11.4 Å². The fourth-order valence-electron chi connectivity index (χ4n) is 2.34. The van der Waals surface area contributed by atoms with Gasteiger partial charge in [-0.1, -0.05) is 0 Å². The third-order valence-electron chi connectivity index (χ3n) is 3.30. The van der Waals surface area contributed by atoms with Crippen molar-refractivity contribution in [1.82, 2.24) is 19.7 Å². The third kappa shape index (κ3) is 2.09. The number of aromatic nitrogens is 4. The molecule has 1 aliphatic heterocycles. The third-order valence-corrected chi connectivity index (χ3v) is 3.30. The zero-order valence-corrected chi connectivity index (χ0v) is 10.6. The standard InChI is InChI=1S/C13H14N4O2/c1-19-13(18)10-3-2-8-17-12(10)15-11(16-17)9-4-6-14-7-5-9/h4-7,10H,2-3,8H2,1H3. The smallest absolute Gasteiger partial charge is 0.316 e. The summed E-state index contributed by atoms with van der Waals surface area (Å²) in [6.45, 7) is 0.793. The van der Waals surface area contributed by atoms with Crippen LogP contribution in [0.3, 0.4) is 0 Å². The summed E-state index contributed by atoms with van der Waals surface area (Å²) >= 11 is 0. The van der Waals surface area contributed by atoms with Crippen LogP contribution < -0.4 is 0 Å². The molecule has 1 atom stereocenters. The highest BCUT2D eigenvalue weighted by atomic mass is 16.5. The lowest BCUT2D eigenvalue weighted by Crippen LogP contribution is -2.24. The van der Waals surface area contributed by atoms with Crippen molar-refractivity contribution >= 4 is 5.97 Å². The molecule has 3 heterocycles. The van der Waals surface area contributed by atoms with Gasteiger partial charge in [0.25, 0.3) is 0 Å². The average Bonchev–Trinajstić information content (AvgIpc) is 2.91. The topological polar surface area (TPSA) is 69.9 Å². The van der Waals surface area contributed by atoms with Gasteiger partial charge in [-0.2, -0.15) is 5.10 Å². The van der Waals surface area contributed by atoms with Crippen LogP contribution >= 0.6 is 0 Å². The molecule has 19 heavy (non-hydrogen) atoms. The fourth-order valence-corrected chi connectivity index (χ4v) is 2.34. The van der Waals surface area contributed by atoms with E-state index in [2.05, 4.69) is 15.1 Å². The SMILES string of the molecule is COC(=O)C1CCCn2nc(-c3ccncc3)nc21. The number of rotatable bonds is 2. The van der Waals surface area contributed by atoms with E-state index in [1.807, 2.05) is 12.1 Å². The van der Waals surface area contributed by atoms with Crippen molar-refractivity contribution in [2.45, 2.75) is 25.3 Å². The Bertz CT molecular complexity index is 594. The van der Waals surface area contributed by atoms with Crippen molar-refractivity contribution in [3.05, 3.63) is 30.4 Å². The summed E-state index contributed by atoms with van der Waals surface area (Å²) < 4.78 is 6.64. The maximum Gasteiger partial charge on any atom is 0.316 e. The highest BCUT2D eigenvalue weighted by Crippen LogP contribution is 2.28. The van der Waals surface area contributed by atoms with Gasteiger partial charge in [-0.25, -0.2) is 9.67 Å². The molecule has 6 heteroatoms. The first-order valence-corrected chi connectivity index (χ1v) is 6.22. The van der Waals surface area contributed by atoms with Crippen molar-refractivity contribution < 1.29 is 9.53 Å². The molecule has 3 rings (SSSR count). The Morgan fingerprint density at radius 2 is 2.21 bits per heavy atom. The molecule has 1 aliphatic rings. The van der Waals surface area contributed by atoms with E-state index >= 15 is 0 Å². The van der Waals surface area contributed by atoms with Crippen LogP contribution in [0.1, 0.15) is 24.6 Å². The molecule has 0 saturated heterocycles. The molecule has 0 N–H and O–H groups in total. The lowest BCUT2D eigenvalue weighted by atomic mass is 9.99. The van der Waals surface area contributed by atoms with Crippen LogP contribution in [0.2, 0.25) is 0 Å². The lowest BCUT2D eigenvalue weighted by molar-refractivity contribution is -0.143. The molecule has 0 fully saturated rings. The predicted molar refractivity (Wildman–Crippen MR) is 67.2 cm³/mol. The molecule has 0 bridgehead atoms. The number of fused-ring (bicyclic) bond motifs is 1. The van der Waals surface area contributed by atoms with E-state index in [9.17, 15) is 4.79 Å². The van der Waals surface area contributed by atoms with Gasteiger partial charge >= 0.3 is 5.97 Å². The molecular formula is C13H14N4O2. The maximum atomic E-state index is 11.8. The monoisotopic (exact) mass is 258 g/mol. The van der Waals surface area contributed by atoms with Gasteiger partial charge in [-0.05, 0) is 25.0 Å². The first-order chi connectivity index (χ1) is 9.29. The maximum absolute atomic E-state index is 11.8. The summed E-state index contributed by atoms with van der Waals surface area (Å²) in [4.78, 5) is 20.2. The summed E-state index contributed by atoms with van der Waals surface area (Å²) in [6, 6.07) is 3.71. The highest BCUT2D eigenvalue weighted by Gasteiger charge is 2.30. The van der Waals surface area contributed by atoms with Crippen molar-refractivity contribution in [2.75, 3.05) is 7.11 Å². The molecule has 2 aromatic rings. The van der Waals surface area contributed by atoms with E-state index in [1.165, 1.54) is 7.11 Å². The quantitative estimate of drug-likeness (QED) is 0.761. The summed E-state index contributed by atoms with van der Waals surface area (Å²) in [5.74, 6) is 0.787. The second-order valence-electron chi connectivity index (χ2n) is 4.47. The molecule has 0 radical (unpaired) electrons. The highest BCUT2D eigenvalue weighted by molar-refractivity contribution is 5.77. The number of hydrogen-bond acceptors (Lipinski definition) is 5. The van der Waals surface area contributed by atoms with Crippen molar-refractivity contribution in [1.29, 1.82) is 0 Å². The Hall–Kier alpha value is -2.24. The zero-order chi connectivity index (χ0) is 13.2. The Labute approximate surface area is 110 Å². The molecule has 0 aromatic carbocycles. The van der Waals surface area contributed by atoms with E-state index in [0.29, 0.717) is 11.6 Å². The number of pyridine rings is 1. The Morgan fingerprint density at radius 1 is 1.42 bits per heavy atom. The summed E-state index contributed by atoms with van der Waals surface area (Å²) in [6.07, 6.45) is 5.08. The number of carbonyl (C=O) groups is 1. The Balaban J connectivity index is 2.00. The van der Waals surface area contributed by atoms with Crippen LogP contribution in [0, 0.1) is 0 Å². The first kappa shape index (κ1) is 11.8. The van der Waals surface area contributed by atoms with Crippen LogP contribution in [0.25, 0.3) is 11.4 Å². The minimum absolute atomic E-state index is 0.241. The number of nitrogens with zero attached hydrogens (tertiary/aromatic N) is 4. The molecule has 6 nitrogen and oxygen atoms in total. The van der Waals surface area contributed by atoms with Gasteiger partial charge in [0, 0.05) is 24.5 Å². The van der Waals surface area contributed by atoms with Gasteiger partial charge in [0.1, 0.15) is 11.7 Å². The second-order valence-corrected chi connectivity index (χ2v) is 4.47. The molecule has 0 amide bonds. The van der Waals surface area contributed by atoms with Crippen molar-refractivity contribution in [3.63, 3.8) is 0 Å². The number of hydrogen-bond donors (Lipinski definition) is 0. The molecular weight excluding hydrogens is 244 g/mol. The van der Waals surface area contributed by atoms with Crippen LogP contribution in [-0.4, -0.2) is 32.8 Å². The fraction of sp³-hybridized carbons (Fsp3) is 0.385. The van der Waals surface area contributed by atoms with Crippen LogP contribution in [-0.2, 0) is 16.1 Å². The second kappa shape index (κ2) is 4.79. The van der Waals surface area contributed by atoms with Crippen molar-refractivity contribution in [2.24, 2.45) is 0 Å². The molecule has 2 aromatic heterocycles. The molecule has 98 valence electrons. The molecule has 0 saturated carbocycles. The minimum atomic E-state index is -0.304. The summed E-state index contributed by atoms with van der Waals surface area (Å²) in [5.41, 5.74) is 0.903. The first-order valence-electron chi connectivity index (χ1n) is 6.22. The van der Waals surface area contributed by atoms with E-state index in [1.54, 1.807) is 17.1 Å². The van der Waals surface area contributed by atoms with Gasteiger partial charge in [0.2, 0.25) is 0 Å². The largest absolute Gasteiger partial charge is 0.468 e. The van der Waals surface area contributed by atoms with Gasteiger partial charge in [0.15, 0.2) is 5.82 Å². The minimum Gasteiger partial charge on any atom is -0.468 e. The van der Waals surface area contributed by atoms with Crippen LogP contribution in [0.15, 0.2) is 24.5 Å². The summed E-state index contributed by atoms with van der Waals surface area (Å²) in [7, 11) is 1.40. The Morgan fingerprint density at radius 3 is 2.95 bits per heavy atom. The predicted octanol–water partition coefficient (Wildman–Crippen LogP) is 1.39. The number of methoxy groups -OCH3 is 1. The molecule has 1 unspecified atom stereocenters. The van der Waals surface area contributed by atoms with E-state index < -0.39 is 0 Å². The number of aryl methyl sites for hydroxylation is 1. The Kier molecular flexibility index (Phi) is 2.98. The molecule has 0 aliphatic carbocycles. The number of ether oxygens (including phenoxy) is 1. The molecule has 0 spiro atoms. The number of carbonyl (C=O) groups excluding carboxylic acids is 1. The van der Waals surface area contributed by atoms with Crippen LogP contribution in [0.4, 0.5) is 0 Å². The number of esters is 1. The lowest BCUT2D eigenvalue weighted by Gasteiger charge is -2.19. The zero-order valence-electron chi connectivity index (χ0n) is 10.6. The summed E-state index contributed by atoms with van der Waals surface area (Å²) in [5, 5.41) is 4.46.